The molecular formula is C50H51ClN14O2. The summed E-state index contributed by atoms with van der Waals surface area (Å²) in [6, 6.07) is 32.5. The molecule has 5 N–H and O–H groups in total. The van der Waals surface area contributed by atoms with Gasteiger partial charge in [0.25, 0.3) is 0 Å². The molecule has 2 aliphatic rings. The number of aromatic amines is 2. The van der Waals surface area contributed by atoms with Gasteiger partial charge >= 0.3 is 0 Å². The number of fused-ring (bicyclic) bond motifs is 4. The number of halogens is 1. The molecule has 0 radical (unpaired) electrons. The maximum atomic E-state index is 6.25. The first-order chi connectivity index (χ1) is 32.6. The first-order valence-electron chi connectivity index (χ1n) is 22.3. The number of ether oxygens (including phenoxy) is 2. The topological polar surface area (TPSA) is 182 Å². The van der Waals surface area contributed by atoms with Crippen molar-refractivity contribution < 1.29 is 9.47 Å². The molecule has 0 spiro atoms. The molecule has 8 heterocycles. The van der Waals surface area contributed by atoms with E-state index in [0.717, 1.165) is 115 Å². The van der Waals surface area contributed by atoms with Crippen molar-refractivity contribution in [2.45, 2.75) is 13.8 Å². The highest BCUT2D eigenvalue weighted by molar-refractivity contribution is 6.29. The number of benzene rings is 4. The maximum Gasteiger partial charge on any atom is 0.228 e. The van der Waals surface area contributed by atoms with Crippen LogP contribution in [0.25, 0.3) is 66.1 Å². The Hall–Kier alpha value is -7.53. The highest BCUT2D eigenvalue weighted by Crippen LogP contribution is 2.31. The van der Waals surface area contributed by atoms with E-state index in [9.17, 15) is 0 Å². The number of H-pyrrole nitrogens is 2. The average molecular weight is 916 g/mol. The summed E-state index contributed by atoms with van der Waals surface area (Å²) in [6.45, 7) is 9.89. The molecule has 2 saturated heterocycles. The SMILES string of the molecule is Cc1nn(C)c2cc(-c3cc(Cl)nc(N4CCOCC4)n3)ccc12.Cc1nn(C)c2cc(-c3cc(Nc4ccc5[nH]ccc5c4)nc(N4CCOCC4)n3)ccc12.Nc1ccc2[nH]ccc2c1. The Morgan fingerprint density at radius 3 is 1.69 bits per heavy atom. The molecule has 17 heteroatoms. The van der Waals surface area contributed by atoms with Crippen molar-refractivity contribution >= 4 is 84.3 Å². The van der Waals surface area contributed by atoms with Crippen LogP contribution >= 0.6 is 11.6 Å². The first-order valence-corrected chi connectivity index (χ1v) is 22.6. The zero-order valence-corrected chi connectivity index (χ0v) is 38.5. The second-order valence-corrected chi connectivity index (χ2v) is 17.0. The summed E-state index contributed by atoms with van der Waals surface area (Å²) >= 11 is 6.25. The van der Waals surface area contributed by atoms with E-state index in [0.29, 0.717) is 43.5 Å². The summed E-state index contributed by atoms with van der Waals surface area (Å²) in [5.74, 6) is 2.13. The quantitative estimate of drug-likeness (QED) is 0.0920. The summed E-state index contributed by atoms with van der Waals surface area (Å²) < 4.78 is 14.7. The van der Waals surface area contributed by atoms with Gasteiger partial charge in [-0.3, -0.25) is 9.36 Å². The van der Waals surface area contributed by atoms with Crippen LogP contribution in [0.15, 0.2) is 109 Å². The average Bonchev–Trinajstić information content (AvgIpc) is 4.15. The lowest BCUT2D eigenvalue weighted by molar-refractivity contribution is 0.122. The number of nitrogens with zero attached hydrogens (tertiary/aromatic N) is 10. The molecule has 340 valence electrons. The van der Waals surface area contributed by atoms with E-state index in [2.05, 4.69) is 101 Å². The number of nitrogens with two attached hydrogens (primary N) is 1. The van der Waals surface area contributed by atoms with E-state index in [4.69, 9.17) is 41.8 Å². The van der Waals surface area contributed by atoms with Gasteiger partial charge in [0.05, 0.1) is 60.2 Å². The van der Waals surface area contributed by atoms with Crippen LogP contribution in [-0.4, -0.2) is 102 Å². The molecule has 16 nitrogen and oxygen atoms in total. The van der Waals surface area contributed by atoms with Crippen LogP contribution in [0.5, 0.6) is 0 Å². The Balaban J connectivity index is 0.000000134. The Morgan fingerprint density at radius 2 is 1.10 bits per heavy atom. The molecule has 2 fully saturated rings. The number of morpholine rings is 2. The summed E-state index contributed by atoms with van der Waals surface area (Å²) in [4.78, 5) is 29.5. The lowest BCUT2D eigenvalue weighted by atomic mass is 10.1. The van der Waals surface area contributed by atoms with Gasteiger partial charge in [0.1, 0.15) is 11.0 Å². The predicted molar refractivity (Wildman–Crippen MR) is 268 cm³/mol. The number of aromatic nitrogens is 10. The minimum Gasteiger partial charge on any atom is -0.399 e. The van der Waals surface area contributed by atoms with Gasteiger partial charge in [0.2, 0.25) is 11.9 Å². The van der Waals surface area contributed by atoms with Crippen molar-refractivity contribution in [2.75, 3.05) is 73.5 Å². The highest BCUT2D eigenvalue weighted by Gasteiger charge is 2.19. The molecule has 4 aromatic carbocycles. The van der Waals surface area contributed by atoms with Crippen LogP contribution in [0.2, 0.25) is 5.15 Å². The van der Waals surface area contributed by atoms with Crippen molar-refractivity contribution in [1.82, 2.24) is 49.5 Å². The molecule has 67 heavy (non-hydrogen) atoms. The zero-order chi connectivity index (χ0) is 46.0. The summed E-state index contributed by atoms with van der Waals surface area (Å²) in [5.41, 5.74) is 17.5. The Labute approximate surface area is 391 Å². The third-order valence-electron chi connectivity index (χ3n) is 12.1. The van der Waals surface area contributed by atoms with Crippen molar-refractivity contribution in [2.24, 2.45) is 14.1 Å². The zero-order valence-electron chi connectivity index (χ0n) is 37.8. The fourth-order valence-corrected chi connectivity index (χ4v) is 8.73. The van der Waals surface area contributed by atoms with Crippen molar-refractivity contribution in [3.63, 3.8) is 0 Å². The molecule has 0 aliphatic carbocycles. The molecule has 10 aromatic rings. The predicted octanol–water partition coefficient (Wildman–Crippen LogP) is 8.98. The summed E-state index contributed by atoms with van der Waals surface area (Å²) in [7, 11) is 3.92. The van der Waals surface area contributed by atoms with Crippen molar-refractivity contribution in [3.8, 4) is 22.5 Å². The number of nitrogen functional groups attached to an aromatic ring is 1. The fraction of sp³-hybridized carbons (Fsp3) is 0.240. The van der Waals surface area contributed by atoms with Gasteiger partial charge < -0.3 is 40.3 Å². The number of rotatable bonds is 6. The Morgan fingerprint density at radius 1 is 0.582 bits per heavy atom. The normalized spacial score (nSPS) is 14.0. The minimum absolute atomic E-state index is 0.447. The van der Waals surface area contributed by atoms with Gasteiger partial charge in [0.15, 0.2) is 0 Å². The number of hydrogen-bond donors (Lipinski definition) is 4. The smallest absolute Gasteiger partial charge is 0.228 e. The largest absolute Gasteiger partial charge is 0.399 e. The third kappa shape index (κ3) is 9.45. The van der Waals surface area contributed by atoms with Gasteiger partial charge in [-0.25, -0.2) is 15.0 Å². The molecule has 0 bridgehead atoms. The van der Waals surface area contributed by atoms with Crippen LogP contribution < -0.4 is 20.9 Å². The Bertz CT molecular complexity index is 3360. The standard InChI is InChI=1S/C25H25N7O.C17H18ClN5O.C8H8N2/c1-16-20-5-3-17(14-23(20)31(2)30-16)22-15-24(29-25(28-22)32-9-11-33-12-10-32)27-19-4-6-21-18(13-19)7-8-26-21;1-11-13-4-3-12(9-15(13)22(2)21-11)14-10-16(18)20-17(19-14)23-5-7-24-8-6-23;9-7-1-2-8-6(5-7)3-4-10-8/h3-8,13-15,26H,9-12H2,1-2H3,(H,27,28,29);3-4,9-10H,5-8H2,1-2H3;1-5,10H,9H2. The molecule has 0 amide bonds. The second kappa shape index (κ2) is 18.8. The van der Waals surface area contributed by atoms with Crippen LogP contribution in [0.4, 0.5) is 29.1 Å². The van der Waals surface area contributed by atoms with Gasteiger partial charge in [-0.15, -0.1) is 0 Å². The number of nitrogens with one attached hydrogen (secondary N) is 3. The van der Waals surface area contributed by atoms with Gasteiger partial charge in [-0.1, -0.05) is 35.9 Å². The van der Waals surface area contributed by atoms with Crippen molar-refractivity contribution in [1.29, 1.82) is 0 Å². The van der Waals surface area contributed by atoms with Crippen molar-refractivity contribution in [3.05, 3.63) is 126 Å². The molecule has 12 rings (SSSR count). The number of aryl methyl sites for hydroxylation is 4. The lowest BCUT2D eigenvalue weighted by Crippen LogP contribution is -2.37. The number of anilines is 5. The monoisotopic (exact) mass is 914 g/mol. The minimum atomic E-state index is 0.447. The van der Waals surface area contributed by atoms with E-state index in [1.165, 1.54) is 5.39 Å². The van der Waals surface area contributed by atoms with Gasteiger partial charge in [-0.2, -0.15) is 15.2 Å². The van der Waals surface area contributed by atoms with Crippen LogP contribution in [0.1, 0.15) is 11.4 Å². The lowest BCUT2D eigenvalue weighted by Gasteiger charge is -2.27. The fourth-order valence-electron chi connectivity index (χ4n) is 8.55. The highest BCUT2D eigenvalue weighted by atomic mass is 35.5. The van der Waals surface area contributed by atoms with E-state index in [1.54, 1.807) is 6.07 Å². The van der Waals surface area contributed by atoms with Crippen LogP contribution in [-0.2, 0) is 23.6 Å². The molecule has 6 aromatic heterocycles. The molecule has 0 atom stereocenters. The third-order valence-corrected chi connectivity index (χ3v) is 12.2. The maximum absolute atomic E-state index is 6.25. The summed E-state index contributed by atoms with van der Waals surface area (Å²) in [6.07, 6.45) is 3.86. The van der Waals surface area contributed by atoms with Gasteiger partial charge in [0, 0.05) is 120 Å². The summed E-state index contributed by atoms with van der Waals surface area (Å²) in [5, 5.41) is 17.6. The molecule has 2 aliphatic heterocycles. The van der Waals surface area contributed by atoms with E-state index in [-0.39, 0.29) is 0 Å². The molecule has 0 unspecified atom stereocenters. The van der Waals surface area contributed by atoms with Gasteiger partial charge in [-0.05, 0) is 74.5 Å². The number of hydrogen-bond acceptors (Lipinski definition) is 12. The van der Waals surface area contributed by atoms with E-state index < -0.39 is 0 Å². The van der Waals surface area contributed by atoms with Crippen LogP contribution in [0.3, 0.4) is 0 Å². The molecular weight excluding hydrogens is 864 g/mol. The van der Waals surface area contributed by atoms with E-state index in [1.807, 2.05) is 80.0 Å². The molecule has 0 saturated carbocycles. The van der Waals surface area contributed by atoms with Crippen LogP contribution in [0, 0.1) is 13.8 Å². The first kappa shape index (κ1) is 43.4. The second-order valence-electron chi connectivity index (χ2n) is 16.6. The Kier molecular flexibility index (Phi) is 12.1. The van der Waals surface area contributed by atoms with E-state index >= 15 is 0 Å².